The highest BCUT2D eigenvalue weighted by Gasteiger charge is 2.22. The lowest BCUT2D eigenvalue weighted by Crippen LogP contribution is -2.42. The molecule has 1 fully saturated rings. The smallest absolute Gasteiger partial charge is 0.0425 e. The number of hydrogen-bond donors (Lipinski definition) is 0. The average Bonchev–Trinajstić information content (AvgIpc) is 2.29. The molecule has 2 rings (SSSR count). The van der Waals surface area contributed by atoms with Gasteiger partial charge in [0.2, 0.25) is 0 Å². The Morgan fingerprint density at radius 1 is 1.12 bits per heavy atom. The molecule has 0 spiro atoms. The molecule has 0 aromatic heterocycles. The fourth-order valence-electron chi connectivity index (χ4n) is 2.93. The molecule has 2 heteroatoms. The minimum absolute atomic E-state index is 0.700. The van der Waals surface area contributed by atoms with Crippen LogP contribution < -0.4 is 4.90 Å². The summed E-state index contributed by atoms with van der Waals surface area (Å²) < 4.78 is 0. The Balaban J connectivity index is 2.16. The molecule has 1 aromatic carbocycles. The number of benzene rings is 1. The van der Waals surface area contributed by atoms with Crippen LogP contribution >= 0.6 is 0 Å². The quantitative estimate of drug-likeness (QED) is 0.773. The van der Waals surface area contributed by atoms with Crippen LogP contribution in [0.2, 0.25) is 0 Å². The van der Waals surface area contributed by atoms with Gasteiger partial charge in [-0.3, -0.25) is 0 Å². The van der Waals surface area contributed by atoms with Gasteiger partial charge < -0.3 is 9.80 Å². The maximum atomic E-state index is 2.50. The number of para-hydroxylation sites is 1. The second kappa shape index (κ2) is 5.09. The third kappa shape index (κ3) is 2.63. The Labute approximate surface area is 105 Å². The third-order valence-electron chi connectivity index (χ3n) is 4.03. The minimum Gasteiger partial charge on any atom is -0.371 e. The van der Waals surface area contributed by atoms with Crippen molar-refractivity contribution in [2.75, 3.05) is 32.1 Å². The maximum absolute atomic E-state index is 2.50. The van der Waals surface area contributed by atoms with Crippen LogP contribution in [0, 0.1) is 13.8 Å². The van der Waals surface area contributed by atoms with Gasteiger partial charge in [-0.25, -0.2) is 0 Å². The highest BCUT2D eigenvalue weighted by Crippen LogP contribution is 2.28. The number of nitrogens with zero attached hydrogens (tertiary/aromatic N) is 2. The molecule has 1 aromatic rings. The summed E-state index contributed by atoms with van der Waals surface area (Å²) in [6.07, 6.45) is 2.56. The Hall–Kier alpha value is -1.02. The summed E-state index contributed by atoms with van der Waals surface area (Å²) in [5.74, 6) is 0. The van der Waals surface area contributed by atoms with Crippen LogP contribution in [0.3, 0.4) is 0 Å². The first-order valence-corrected chi connectivity index (χ1v) is 6.57. The summed E-state index contributed by atoms with van der Waals surface area (Å²) in [5, 5.41) is 0. The van der Waals surface area contributed by atoms with E-state index >= 15 is 0 Å². The number of piperidine rings is 1. The monoisotopic (exact) mass is 232 g/mol. The summed E-state index contributed by atoms with van der Waals surface area (Å²) >= 11 is 0. The van der Waals surface area contributed by atoms with E-state index in [1.165, 1.54) is 42.7 Å². The lowest BCUT2D eigenvalue weighted by atomic mass is 10.0. The first kappa shape index (κ1) is 12.4. The molecular formula is C15H24N2. The minimum atomic E-state index is 0.700. The lowest BCUT2D eigenvalue weighted by molar-refractivity contribution is 0.252. The molecule has 0 unspecified atom stereocenters. The molecule has 0 atom stereocenters. The van der Waals surface area contributed by atoms with Gasteiger partial charge in [-0.2, -0.15) is 0 Å². The molecule has 1 aliphatic heterocycles. The summed E-state index contributed by atoms with van der Waals surface area (Å²) in [6.45, 7) is 6.88. The van der Waals surface area contributed by atoms with E-state index in [0.717, 1.165) is 0 Å². The largest absolute Gasteiger partial charge is 0.371 e. The Morgan fingerprint density at radius 2 is 1.65 bits per heavy atom. The van der Waals surface area contributed by atoms with Gasteiger partial charge in [-0.05, 0) is 58.0 Å². The lowest BCUT2D eigenvalue weighted by Gasteiger charge is -2.37. The number of aryl methyl sites for hydroxylation is 2. The Bertz CT molecular complexity index is 358. The SMILES string of the molecule is Cc1cccc(C)c1N(C)C1CCN(C)CC1. The van der Waals surface area contributed by atoms with Crippen LogP contribution in [-0.4, -0.2) is 38.1 Å². The molecule has 94 valence electrons. The second-order valence-electron chi connectivity index (χ2n) is 5.39. The topological polar surface area (TPSA) is 6.48 Å². The van der Waals surface area contributed by atoms with Gasteiger partial charge in [0.15, 0.2) is 0 Å². The van der Waals surface area contributed by atoms with Crippen molar-refractivity contribution in [3.63, 3.8) is 0 Å². The third-order valence-corrected chi connectivity index (χ3v) is 4.03. The van der Waals surface area contributed by atoms with E-state index < -0.39 is 0 Å². The summed E-state index contributed by atoms with van der Waals surface area (Å²) in [4.78, 5) is 4.92. The summed E-state index contributed by atoms with van der Waals surface area (Å²) in [7, 11) is 4.47. The second-order valence-corrected chi connectivity index (χ2v) is 5.39. The van der Waals surface area contributed by atoms with Gasteiger partial charge in [0.1, 0.15) is 0 Å². The number of likely N-dealkylation sites (tertiary alicyclic amines) is 1. The van der Waals surface area contributed by atoms with Gasteiger partial charge >= 0.3 is 0 Å². The van der Waals surface area contributed by atoms with Crippen molar-refractivity contribution in [2.24, 2.45) is 0 Å². The zero-order chi connectivity index (χ0) is 12.4. The zero-order valence-electron chi connectivity index (χ0n) is 11.5. The molecule has 0 bridgehead atoms. The van der Waals surface area contributed by atoms with Crippen LogP contribution in [-0.2, 0) is 0 Å². The van der Waals surface area contributed by atoms with E-state index in [-0.39, 0.29) is 0 Å². The van der Waals surface area contributed by atoms with Crippen molar-refractivity contribution in [3.8, 4) is 0 Å². The van der Waals surface area contributed by atoms with Crippen LogP contribution in [0.15, 0.2) is 18.2 Å². The molecule has 1 saturated heterocycles. The highest BCUT2D eigenvalue weighted by molar-refractivity contribution is 5.59. The molecule has 0 aliphatic carbocycles. The molecule has 17 heavy (non-hydrogen) atoms. The summed E-state index contributed by atoms with van der Waals surface area (Å²) in [6, 6.07) is 7.28. The molecule has 2 nitrogen and oxygen atoms in total. The van der Waals surface area contributed by atoms with Crippen molar-refractivity contribution in [3.05, 3.63) is 29.3 Å². The van der Waals surface area contributed by atoms with E-state index in [9.17, 15) is 0 Å². The van der Waals surface area contributed by atoms with Crippen LogP contribution in [0.1, 0.15) is 24.0 Å². The van der Waals surface area contributed by atoms with Crippen LogP contribution in [0.25, 0.3) is 0 Å². The Kier molecular flexibility index (Phi) is 3.72. The molecule has 0 saturated carbocycles. The summed E-state index contributed by atoms with van der Waals surface area (Å²) in [5.41, 5.74) is 4.22. The number of hydrogen-bond acceptors (Lipinski definition) is 2. The normalized spacial score (nSPS) is 18.4. The van der Waals surface area contributed by atoms with Crippen molar-refractivity contribution in [2.45, 2.75) is 32.7 Å². The highest BCUT2D eigenvalue weighted by atomic mass is 15.2. The Morgan fingerprint density at radius 3 is 2.18 bits per heavy atom. The van der Waals surface area contributed by atoms with E-state index in [1.807, 2.05) is 0 Å². The van der Waals surface area contributed by atoms with Gasteiger partial charge in [0.05, 0.1) is 0 Å². The predicted molar refractivity (Wildman–Crippen MR) is 74.8 cm³/mol. The van der Waals surface area contributed by atoms with Gasteiger partial charge in [0, 0.05) is 18.8 Å². The molecule has 1 aliphatic rings. The molecule has 0 amide bonds. The first-order chi connectivity index (χ1) is 8.09. The zero-order valence-corrected chi connectivity index (χ0v) is 11.5. The van der Waals surface area contributed by atoms with Crippen LogP contribution in [0.5, 0.6) is 0 Å². The predicted octanol–water partition coefficient (Wildman–Crippen LogP) is 2.83. The maximum Gasteiger partial charge on any atom is 0.0425 e. The standard InChI is InChI=1S/C15H24N2/c1-12-6-5-7-13(2)15(12)17(4)14-8-10-16(3)11-9-14/h5-7,14H,8-11H2,1-4H3. The van der Waals surface area contributed by atoms with Crippen molar-refractivity contribution in [1.82, 2.24) is 4.90 Å². The first-order valence-electron chi connectivity index (χ1n) is 6.57. The van der Waals surface area contributed by atoms with E-state index in [2.05, 4.69) is 55.9 Å². The average molecular weight is 232 g/mol. The van der Waals surface area contributed by atoms with Gasteiger partial charge in [-0.1, -0.05) is 18.2 Å². The fraction of sp³-hybridized carbons (Fsp3) is 0.600. The fourth-order valence-corrected chi connectivity index (χ4v) is 2.93. The number of anilines is 1. The molecule has 0 radical (unpaired) electrons. The molecule has 0 N–H and O–H groups in total. The van der Waals surface area contributed by atoms with Crippen LogP contribution in [0.4, 0.5) is 5.69 Å². The molecule has 1 heterocycles. The van der Waals surface area contributed by atoms with Gasteiger partial charge in [-0.15, -0.1) is 0 Å². The van der Waals surface area contributed by atoms with E-state index in [0.29, 0.717) is 6.04 Å². The van der Waals surface area contributed by atoms with E-state index in [4.69, 9.17) is 0 Å². The van der Waals surface area contributed by atoms with Crippen molar-refractivity contribution >= 4 is 5.69 Å². The van der Waals surface area contributed by atoms with Crippen molar-refractivity contribution in [1.29, 1.82) is 0 Å². The van der Waals surface area contributed by atoms with Gasteiger partial charge in [0.25, 0.3) is 0 Å². The molecular weight excluding hydrogens is 208 g/mol. The van der Waals surface area contributed by atoms with Crippen molar-refractivity contribution < 1.29 is 0 Å². The van der Waals surface area contributed by atoms with E-state index in [1.54, 1.807) is 0 Å². The number of rotatable bonds is 2.